The van der Waals surface area contributed by atoms with Crippen LogP contribution in [0.3, 0.4) is 0 Å². The van der Waals surface area contributed by atoms with Crippen molar-refractivity contribution < 1.29 is 9.59 Å². The molecule has 0 unspecified atom stereocenters. The first-order valence-electron chi connectivity index (χ1n) is 6.88. The molecule has 1 aliphatic carbocycles. The second-order valence-electron chi connectivity index (χ2n) is 4.97. The molecule has 4 heteroatoms. The molecule has 0 aromatic carbocycles. The van der Waals surface area contributed by atoms with Crippen molar-refractivity contribution in [2.45, 2.75) is 69.9 Å². The van der Waals surface area contributed by atoms with Crippen molar-refractivity contribution in [3.63, 3.8) is 0 Å². The molecule has 0 amide bonds. The SMILES string of the molecule is O[SiH](O)CCCCCCCCCNC1CC1. The van der Waals surface area contributed by atoms with Crippen LogP contribution in [0.5, 0.6) is 0 Å². The van der Waals surface area contributed by atoms with Crippen LogP contribution in [0.1, 0.15) is 57.8 Å². The molecule has 0 saturated heterocycles. The van der Waals surface area contributed by atoms with Crippen LogP contribution >= 0.6 is 0 Å². The van der Waals surface area contributed by atoms with Crippen molar-refractivity contribution in [2.24, 2.45) is 0 Å². The Labute approximate surface area is 101 Å². The Morgan fingerprint density at radius 2 is 1.44 bits per heavy atom. The van der Waals surface area contributed by atoms with Crippen LogP contribution in [-0.2, 0) is 0 Å². The molecule has 1 saturated carbocycles. The van der Waals surface area contributed by atoms with E-state index in [1.807, 2.05) is 0 Å². The van der Waals surface area contributed by atoms with Crippen LogP contribution in [0.4, 0.5) is 0 Å². The van der Waals surface area contributed by atoms with Gasteiger partial charge in [-0.1, -0.05) is 38.5 Å². The highest BCUT2D eigenvalue weighted by molar-refractivity contribution is 6.40. The molecule has 3 N–H and O–H groups in total. The van der Waals surface area contributed by atoms with Gasteiger partial charge >= 0.3 is 9.28 Å². The first kappa shape index (κ1) is 14.2. The average Bonchev–Trinajstić information content (AvgIpc) is 3.04. The Hall–Kier alpha value is 0.0969. The van der Waals surface area contributed by atoms with Gasteiger partial charge < -0.3 is 14.9 Å². The molecular formula is C12H27NO2Si. The van der Waals surface area contributed by atoms with Gasteiger partial charge in [-0.2, -0.15) is 0 Å². The van der Waals surface area contributed by atoms with E-state index >= 15 is 0 Å². The first-order valence-corrected chi connectivity index (χ1v) is 8.73. The second kappa shape index (κ2) is 9.16. The summed E-state index contributed by atoms with van der Waals surface area (Å²) >= 11 is 0. The molecule has 0 heterocycles. The summed E-state index contributed by atoms with van der Waals surface area (Å²) in [6.07, 6.45) is 11.5. The lowest BCUT2D eigenvalue weighted by Gasteiger charge is -2.03. The van der Waals surface area contributed by atoms with Gasteiger partial charge in [-0.3, -0.25) is 0 Å². The predicted molar refractivity (Wildman–Crippen MR) is 69.7 cm³/mol. The van der Waals surface area contributed by atoms with Gasteiger partial charge in [-0.15, -0.1) is 0 Å². The van der Waals surface area contributed by atoms with E-state index in [1.165, 1.54) is 57.9 Å². The highest BCUT2D eigenvalue weighted by Gasteiger charge is 2.19. The summed E-state index contributed by atoms with van der Waals surface area (Å²) in [5, 5.41) is 3.53. The quantitative estimate of drug-likeness (QED) is 0.383. The van der Waals surface area contributed by atoms with Crippen molar-refractivity contribution in [3.8, 4) is 0 Å². The lowest BCUT2D eigenvalue weighted by Crippen LogP contribution is -2.17. The largest absolute Gasteiger partial charge is 0.413 e. The first-order chi connectivity index (χ1) is 7.79. The molecule has 96 valence electrons. The van der Waals surface area contributed by atoms with Crippen LogP contribution in [0.2, 0.25) is 6.04 Å². The van der Waals surface area contributed by atoms with E-state index < -0.39 is 9.28 Å². The summed E-state index contributed by atoms with van der Waals surface area (Å²) in [6.45, 7) is 1.20. The van der Waals surface area contributed by atoms with Crippen LogP contribution in [-0.4, -0.2) is 31.5 Å². The Balaban J connectivity index is 1.64. The minimum absolute atomic E-state index is 0.672. The zero-order chi connectivity index (χ0) is 11.6. The van der Waals surface area contributed by atoms with Gasteiger partial charge in [0.15, 0.2) is 0 Å². The van der Waals surface area contributed by atoms with Gasteiger partial charge in [-0.25, -0.2) is 0 Å². The molecule has 0 atom stereocenters. The normalized spacial score (nSPS) is 15.9. The van der Waals surface area contributed by atoms with Crippen LogP contribution in [0.25, 0.3) is 0 Å². The van der Waals surface area contributed by atoms with E-state index in [0.29, 0.717) is 6.04 Å². The van der Waals surface area contributed by atoms with E-state index in [2.05, 4.69) is 5.32 Å². The fourth-order valence-corrected chi connectivity index (χ4v) is 2.58. The lowest BCUT2D eigenvalue weighted by molar-refractivity contribution is 0.401. The molecule has 1 aliphatic rings. The molecule has 0 bridgehead atoms. The predicted octanol–water partition coefficient (Wildman–Crippen LogP) is 1.67. The molecule has 0 radical (unpaired) electrons. The Morgan fingerprint density at radius 1 is 0.875 bits per heavy atom. The molecule has 0 aromatic rings. The third-order valence-corrected chi connectivity index (χ3v) is 4.07. The maximum absolute atomic E-state index is 8.79. The Bertz CT molecular complexity index is 153. The Morgan fingerprint density at radius 3 is 2.00 bits per heavy atom. The van der Waals surface area contributed by atoms with Gasteiger partial charge in [0.25, 0.3) is 0 Å². The summed E-state index contributed by atoms with van der Waals surface area (Å²) < 4.78 is 0. The van der Waals surface area contributed by atoms with Gasteiger partial charge in [0.2, 0.25) is 0 Å². The average molecular weight is 245 g/mol. The number of hydrogen-bond acceptors (Lipinski definition) is 3. The van der Waals surface area contributed by atoms with Crippen molar-refractivity contribution in [3.05, 3.63) is 0 Å². The summed E-state index contributed by atoms with van der Waals surface area (Å²) in [7, 11) is -2.26. The monoisotopic (exact) mass is 245 g/mol. The van der Waals surface area contributed by atoms with Gasteiger partial charge in [0.1, 0.15) is 0 Å². The summed E-state index contributed by atoms with van der Waals surface area (Å²) in [5.74, 6) is 0. The molecule has 0 aromatic heterocycles. The summed E-state index contributed by atoms with van der Waals surface area (Å²) in [4.78, 5) is 17.6. The zero-order valence-corrected chi connectivity index (χ0v) is 11.5. The molecule has 0 aliphatic heterocycles. The highest BCUT2D eigenvalue weighted by Crippen LogP contribution is 2.18. The van der Waals surface area contributed by atoms with E-state index in [1.54, 1.807) is 0 Å². The summed E-state index contributed by atoms with van der Waals surface area (Å²) in [5.41, 5.74) is 0. The van der Waals surface area contributed by atoms with Crippen molar-refractivity contribution in [1.82, 2.24) is 5.32 Å². The number of nitrogens with one attached hydrogen (secondary N) is 1. The van der Waals surface area contributed by atoms with E-state index in [-0.39, 0.29) is 0 Å². The molecule has 1 rings (SSSR count). The van der Waals surface area contributed by atoms with Gasteiger partial charge in [0.05, 0.1) is 0 Å². The highest BCUT2D eigenvalue weighted by atomic mass is 28.3. The van der Waals surface area contributed by atoms with E-state index in [4.69, 9.17) is 9.59 Å². The zero-order valence-electron chi connectivity index (χ0n) is 10.3. The minimum atomic E-state index is -2.26. The number of rotatable bonds is 11. The minimum Gasteiger partial charge on any atom is -0.413 e. The molecule has 1 fully saturated rings. The van der Waals surface area contributed by atoms with Crippen LogP contribution in [0.15, 0.2) is 0 Å². The summed E-state index contributed by atoms with van der Waals surface area (Å²) in [6, 6.07) is 1.53. The standard InChI is InChI=1S/C12H27NO2Si/c14-16(15)11-7-5-3-1-2-4-6-10-13-12-8-9-12/h12-16H,1-11H2. The molecule has 16 heavy (non-hydrogen) atoms. The van der Waals surface area contributed by atoms with Crippen molar-refractivity contribution >= 4 is 9.28 Å². The third-order valence-electron chi connectivity index (χ3n) is 3.15. The van der Waals surface area contributed by atoms with Gasteiger partial charge in [-0.05, 0) is 31.9 Å². The lowest BCUT2D eigenvalue weighted by atomic mass is 10.1. The third kappa shape index (κ3) is 9.33. The van der Waals surface area contributed by atoms with Crippen LogP contribution < -0.4 is 5.32 Å². The fraction of sp³-hybridized carbons (Fsp3) is 1.00. The fourth-order valence-electron chi connectivity index (χ4n) is 1.93. The maximum Gasteiger partial charge on any atom is 0.315 e. The maximum atomic E-state index is 8.79. The van der Waals surface area contributed by atoms with Crippen molar-refractivity contribution in [2.75, 3.05) is 6.54 Å². The Kier molecular flexibility index (Phi) is 8.11. The molecule has 0 spiro atoms. The smallest absolute Gasteiger partial charge is 0.315 e. The number of hydrogen-bond donors (Lipinski definition) is 3. The van der Waals surface area contributed by atoms with Crippen molar-refractivity contribution in [1.29, 1.82) is 0 Å². The van der Waals surface area contributed by atoms with E-state index in [9.17, 15) is 0 Å². The van der Waals surface area contributed by atoms with Crippen LogP contribution in [0, 0.1) is 0 Å². The molecular weight excluding hydrogens is 218 g/mol. The number of unbranched alkanes of at least 4 members (excludes halogenated alkanes) is 6. The molecule has 3 nitrogen and oxygen atoms in total. The topological polar surface area (TPSA) is 52.5 Å². The second-order valence-corrected chi connectivity index (χ2v) is 6.51. The van der Waals surface area contributed by atoms with Gasteiger partial charge in [0, 0.05) is 6.04 Å². The van der Waals surface area contributed by atoms with E-state index in [0.717, 1.165) is 12.5 Å².